The fourth-order valence-electron chi connectivity index (χ4n) is 1.85. The van der Waals surface area contributed by atoms with Crippen molar-refractivity contribution in [3.63, 3.8) is 0 Å². The Morgan fingerprint density at radius 1 is 1.56 bits per heavy atom. The monoisotopic (exact) mass is 309 g/mol. The average molecular weight is 310 g/mol. The second-order valence-corrected chi connectivity index (χ2v) is 4.78. The van der Waals surface area contributed by atoms with Gasteiger partial charge in [0.1, 0.15) is 0 Å². The van der Waals surface area contributed by atoms with Crippen molar-refractivity contribution in [2.45, 2.75) is 6.42 Å². The average Bonchev–Trinajstić information content (AvgIpc) is 2.71. The summed E-state index contributed by atoms with van der Waals surface area (Å²) in [4.78, 5) is 23.4. The van der Waals surface area contributed by atoms with E-state index in [4.69, 9.17) is 5.26 Å². The van der Waals surface area contributed by atoms with Crippen molar-refractivity contribution in [1.82, 2.24) is 0 Å². The number of amides is 1. The minimum absolute atomic E-state index is 0.0820. The molecule has 0 radical (unpaired) electrons. The maximum absolute atomic E-state index is 11.8. The van der Waals surface area contributed by atoms with Crippen LogP contribution in [-0.2, 0) is 4.79 Å². The molecule has 1 aromatic rings. The molecule has 1 heterocycles. The van der Waals surface area contributed by atoms with Crippen LogP contribution in [0.15, 0.2) is 22.7 Å². The zero-order valence-corrected chi connectivity index (χ0v) is 10.8. The van der Waals surface area contributed by atoms with Gasteiger partial charge in [-0.2, -0.15) is 5.26 Å². The van der Waals surface area contributed by atoms with Gasteiger partial charge in [-0.05, 0) is 22.0 Å². The summed E-state index contributed by atoms with van der Waals surface area (Å²) in [6.07, 6.45) is 0.158. The summed E-state index contributed by atoms with van der Waals surface area (Å²) < 4.78 is 0.597. The van der Waals surface area contributed by atoms with Crippen LogP contribution in [0.2, 0.25) is 0 Å². The number of non-ortho nitro benzene ring substituents is 1. The van der Waals surface area contributed by atoms with E-state index in [0.29, 0.717) is 10.2 Å². The van der Waals surface area contributed by atoms with E-state index in [1.807, 2.05) is 6.07 Å². The molecule has 1 fully saturated rings. The van der Waals surface area contributed by atoms with E-state index in [9.17, 15) is 14.9 Å². The van der Waals surface area contributed by atoms with Crippen LogP contribution in [0, 0.1) is 27.4 Å². The molecule has 1 aliphatic rings. The van der Waals surface area contributed by atoms with Gasteiger partial charge in [-0.3, -0.25) is 14.9 Å². The predicted molar refractivity (Wildman–Crippen MR) is 66.9 cm³/mol. The molecule has 0 aliphatic carbocycles. The molecule has 1 aliphatic heterocycles. The molecule has 0 saturated carbocycles. The Hall–Kier alpha value is -1.94. The predicted octanol–water partition coefficient (Wildman–Crippen LogP) is 2.23. The Morgan fingerprint density at radius 2 is 2.28 bits per heavy atom. The molecule has 1 aromatic carbocycles. The Labute approximate surface area is 111 Å². The highest BCUT2D eigenvalue weighted by atomic mass is 79.9. The van der Waals surface area contributed by atoms with Gasteiger partial charge in [-0.25, -0.2) is 0 Å². The van der Waals surface area contributed by atoms with Crippen molar-refractivity contribution in [3.05, 3.63) is 32.8 Å². The van der Waals surface area contributed by atoms with Crippen molar-refractivity contribution in [2.75, 3.05) is 11.4 Å². The van der Waals surface area contributed by atoms with Crippen LogP contribution < -0.4 is 4.90 Å². The summed E-state index contributed by atoms with van der Waals surface area (Å²) >= 11 is 3.26. The van der Waals surface area contributed by atoms with E-state index in [0.717, 1.165) is 0 Å². The van der Waals surface area contributed by atoms with Crippen molar-refractivity contribution in [3.8, 4) is 6.07 Å². The second kappa shape index (κ2) is 4.74. The maximum atomic E-state index is 11.8. The Bertz CT molecular complexity index is 567. The summed E-state index contributed by atoms with van der Waals surface area (Å²) in [6.45, 7) is 0.273. The second-order valence-electron chi connectivity index (χ2n) is 3.93. The van der Waals surface area contributed by atoms with E-state index in [1.54, 1.807) is 0 Å². The molecule has 1 atom stereocenters. The van der Waals surface area contributed by atoms with Crippen LogP contribution in [0.5, 0.6) is 0 Å². The first-order chi connectivity index (χ1) is 8.52. The molecule has 1 amide bonds. The lowest BCUT2D eigenvalue weighted by molar-refractivity contribution is -0.384. The molecular formula is C11H8BrN3O3. The lowest BCUT2D eigenvalue weighted by atomic mass is 10.1. The molecule has 6 nitrogen and oxygen atoms in total. The first-order valence-electron chi connectivity index (χ1n) is 5.17. The van der Waals surface area contributed by atoms with E-state index < -0.39 is 4.92 Å². The Kier molecular flexibility index (Phi) is 3.30. The minimum atomic E-state index is -0.516. The number of hydrogen-bond acceptors (Lipinski definition) is 4. The maximum Gasteiger partial charge on any atom is 0.271 e. The Morgan fingerprint density at radius 3 is 2.83 bits per heavy atom. The van der Waals surface area contributed by atoms with E-state index in [1.165, 1.54) is 23.1 Å². The van der Waals surface area contributed by atoms with Gasteiger partial charge in [-0.15, -0.1) is 0 Å². The molecule has 1 saturated heterocycles. The number of nitro benzene ring substituents is 1. The van der Waals surface area contributed by atoms with Gasteiger partial charge in [0, 0.05) is 29.6 Å². The van der Waals surface area contributed by atoms with Crippen LogP contribution in [-0.4, -0.2) is 17.4 Å². The molecule has 0 bridgehead atoms. The molecule has 2 rings (SSSR count). The topological polar surface area (TPSA) is 87.2 Å². The molecule has 1 unspecified atom stereocenters. The molecule has 0 N–H and O–H groups in total. The van der Waals surface area contributed by atoms with Gasteiger partial charge in [-0.1, -0.05) is 0 Å². The van der Waals surface area contributed by atoms with Gasteiger partial charge in [0.25, 0.3) is 5.69 Å². The Balaban J connectivity index is 2.39. The van der Waals surface area contributed by atoms with E-state index in [2.05, 4.69) is 15.9 Å². The number of carbonyl (C=O) groups excluding carboxylic acids is 1. The highest BCUT2D eigenvalue weighted by molar-refractivity contribution is 9.10. The summed E-state index contributed by atoms with van der Waals surface area (Å²) in [7, 11) is 0. The van der Waals surface area contributed by atoms with Crippen molar-refractivity contribution < 1.29 is 9.72 Å². The molecule has 18 heavy (non-hydrogen) atoms. The summed E-state index contributed by atoms with van der Waals surface area (Å²) in [6, 6.07) is 6.26. The van der Waals surface area contributed by atoms with Crippen LogP contribution in [0.1, 0.15) is 6.42 Å². The van der Waals surface area contributed by atoms with Crippen molar-refractivity contribution in [1.29, 1.82) is 5.26 Å². The highest BCUT2D eigenvalue weighted by Crippen LogP contribution is 2.34. The summed E-state index contributed by atoms with van der Waals surface area (Å²) in [5.41, 5.74) is 0.355. The smallest absolute Gasteiger partial charge is 0.271 e. The largest absolute Gasteiger partial charge is 0.310 e. The first-order valence-corrected chi connectivity index (χ1v) is 5.96. The van der Waals surface area contributed by atoms with Gasteiger partial charge in [0.05, 0.1) is 22.6 Å². The van der Waals surface area contributed by atoms with E-state index >= 15 is 0 Å². The van der Waals surface area contributed by atoms with Crippen LogP contribution in [0.25, 0.3) is 0 Å². The molecule has 0 aromatic heterocycles. The number of rotatable bonds is 2. The fraction of sp³-hybridized carbons (Fsp3) is 0.273. The van der Waals surface area contributed by atoms with Gasteiger partial charge >= 0.3 is 0 Å². The van der Waals surface area contributed by atoms with Crippen LogP contribution in [0.3, 0.4) is 0 Å². The molecule has 7 heteroatoms. The third-order valence-corrected chi connectivity index (χ3v) is 3.41. The third kappa shape index (κ3) is 2.19. The van der Waals surface area contributed by atoms with Crippen LogP contribution >= 0.6 is 15.9 Å². The normalized spacial score (nSPS) is 18.8. The number of carbonyl (C=O) groups is 1. The first kappa shape index (κ1) is 12.5. The van der Waals surface area contributed by atoms with Gasteiger partial charge < -0.3 is 4.90 Å². The van der Waals surface area contributed by atoms with Gasteiger partial charge in [0.15, 0.2) is 0 Å². The minimum Gasteiger partial charge on any atom is -0.310 e. The SMILES string of the molecule is N#CC1CC(=O)N(c2cc([N+](=O)[O-])ccc2Br)C1. The lowest BCUT2D eigenvalue weighted by Crippen LogP contribution is -2.24. The lowest BCUT2D eigenvalue weighted by Gasteiger charge is -2.17. The van der Waals surface area contributed by atoms with Gasteiger partial charge in [0.2, 0.25) is 5.91 Å². The zero-order valence-electron chi connectivity index (χ0n) is 9.17. The molecule has 0 spiro atoms. The number of halogens is 1. The molecule has 92 valence electrons. The fourth-order valence-corrected chi connectivity index (χ4v) is 2.31. The number of hydrogen-bond donors (Lipinski definition) is 0. The van der Waals surface area contributed by atoms with E-state index in [-0.39, 0.29) is 30.5 Å². The number of anilines is 1. The number of nitrogens with zero attached hydrogens (tertiary/aromatic N) is 3. The highest BCUT2D eigenvalue weighted by Gasteiger charge is 2.32. The quantitative estimate of drug-likeness (QED) is 0.619. The standard InChI is InChI=1S/C11H8BrN3O3/c12-9-2-1-8(15(17)18)4-10(9)14-6-7(5-13)3-11(14)16/h1-2,4,7H,3,6H2. The molecular weight excluding hydrogens is 302 g/mol. The number of nitriles is 1. The van der Waals surface area contributed by atoms with Crippen molar-refractivity contribution in [2.24, 2.45) is 5.92 Å². The number of nitro groups is 1. The third-order valence-electron chi connectivity index (χ3n) is 2.74. The van der Waals surface area contributed by atoms with Crippen LogP contribution in [0.4, 0.5) is 11.4 Å². The van der Waals surface area contributed by atoms with Crippen molar-refractivity contribution >= 4 is 33.2 Å². The zero-order chi connectivity index (χ0) is 13.3. The number of benzene rings is 1. The summed E-state index contributed by atoms with van der Waals surface area (Å²) in [5.74, 6) is -0.550. The summed E-state index contributed by atoms with van der Waals surface area (Å²) in [5, 5.41) is 19.5.